The van der Waals surface area contributed by atoms with E-state index in [1.807, 2.05) is 11.8 Å². The Morgan fingerprint density at radius 2 is 2.20 bits per heavy atom. The van der Waals surface area contributed by atoms with Crippen LogP contribution in [0.15, 0.2) is 0 Å². The Hall–Kier alpha value is -0.610. The van der Waals surface area contributed by atoms with E-state index < -0.39 is 0 Å². The van der Waals surface area contributed by atoms with Gasteiger partial charge in [-0.1, -0.05) is 0 Å². The predicted octanol–water partition coefficient (Wildman–Crippen LogP) is 0.276. The van der Waals surface area contributed by atoms with Crippen molar-refractivity contribution in [3.05, 3.63) is 0 Å². The molecule has 0 aromatic rings. The van der Waals surface area contributed by atoms with Gasteiger partial charge in [0.1, 0.15) is 0 Å². The number of nitrogens with zero attached hydrogens (tertiary/aromatic N) is 2. The van der Waals surface area contributed by atoms with E-state index in [-0.39, 0.29) is 11.9 Å². The van der Waals surface area contributed by atoms with Crippen LogP contribution in [0.2, 0.25) is 0 Å². The topological polar surface area (TPSA) is 49.6 Å². The molecule has 1 heterocycles. The Kier molecular flexibility index (Phi) is 4.54. The van der Waals surface area contributed by atoms with Crippen molar-refractivity contribution in [2.45, 2.75) is 38.8 Å². The minimum atomic E-state index is -0.0364. The number of hydrogen-bond donors (Lipinski definition) is 1. The third kappa shape index (κ3) is 3.80. The Morgan fingerprint density at radius 1 is 1.53 bits per heavy atom. The van der Waals surface area contributed by atoms with Crippen LogP contribution in [0.1, 0.15) is 26.7 Å². The minimum absolute atomic E-state index is 0.0364. The van der Waals surface area contributed by atoms with Crippen molar-refractivity contribution in [3.8, 4) is 0 Å². The van der Waals surface area contributed by atoms with E-state index in [1.54, 1.807) is 0 Å². The smallest absolute Gasteiger partial charge is 0.224 e. The summed E-state index contributed by atoms with van der Waals surface area (Å²) in [6, 6.07) is 0.273. The van der Waals surface area contributed by atoms with Crippen LogP contribution >= 0.6 is 0 Å². The van der Waals surface area contributed by atoms with Crippen LogP contribution in [-0.2, 0) is 4.79 Å². The van der Waals surface area contributed by atoms with Gasteiger partial charge in [-0.2, -0.15) is 0 Å². The average Bonchev–Trinajstić information content (AvgIpc) is 2.25. The van der Waals surface area contributed by atoms with Gasteiger partial charge in [0.25, 0.3) is 0 Å². The molecule has 0 aliphatic carbocycles. The van der Waals surface area contributed by atoms with Gasteiger partial charge in [0.15, 0.2) is 0 Å². The van der Waals surface area contributed by atoms with Gasteiger partial charge in [0, 0.05) is 31.6 Å². The Morgan fingerprint density at radius 3 is 2.80 bits per heavy atom. The van der Waals surface area contributed by atoms with Crippen molar-refractivity contribution < 1.29 is 4.79 Å². The molecule has 0 saturated carbocycles. The monoisotopic (exact) mass is 213 g/mol. The van der Waals surface area contributed by atoms with Gasteiger partial charge in [-0.25, -0.2) is 0 Å². The molecule has 1 amide bonds. The van der Waals surface area contributed by atoms with Crippen molar-refractivity contribution in [3.63, 3.8) is 0 Å². The summed E-state index contributed by atoms with van der Waals surface area (Å²) < 4.78 is 0. The van der Waals surface area contributed by atoms with Gasteiger partial charge in [-0.05, 0) is 33.9 Å². The number of rotatable bonds is 2. The summed E-state index contributed by atoms with van der Waals surface area (Å²) in [6.07, 6.45) is 1.53. The van der Waals surface area contributed by atoms with Gasteiger partial charge in [0.2, 0.25) is 5.91 Å². The lowest BCUT2D eigenvalue weighted by Gasteiger charge is -2.28. The second-order valence-electron chi connectivity index (χ2n) is 4.73. The number of hydrogen-bond acceptors (Lipinski definition) is 3. The molecular formula is C11H23N3O. The summed E-state index contributed by atoms with van der Waals surface area (Å²) in [5.41, 5.74) is 5.65. The molecule has 1 rings (SSSR count). The zero-order valence-electron chi connectivity index (χ0n) is 10.1. The van der Waals surface area contributed by atoms with Gasteiger partial charge in [0.05, 0.1) is 0 Å². The highest BCUT2D eigenvalue weighted by atomic mass is 16.2. The third-order valence-electron chi connectivity index (χ3n) is 2.86. The summed E-state index contributed by atoms with van der Waals surface area (Å²) in [7, 11) is 2.11. The number of carbonyl (C=O) groups is 1. The molecule has 4 nitrogen and oxygen atoms in total. The first-order chi connectivity index (χ1) is 7.00. The van der Waals surface area contributed by atoms with Crippen LogP contribution in [0.5, 0.6) is 0 Å². The van der Waals surface area contributed by atoms with Crippen LogP contribution in [0.3, 0.4) is 0 Å². The predicted molar refractivity (Wildman–Crippen MR) is 61.6 cm³/mol. The van der Waals surface area contributed by atoms with E-state index >= 15 is 0 Å². The molecule has 1 saturated heterocycles. The number of likely N-dealkylation sites (N-methyl/N-ethyl adjacent to an activating group) is 1. The lowest BCUT2D eigenvalue weighted by Crippen LogP contribution is -2.43. The van der Waals surface area contributed by atoms with Crippen molar-refractivity contribution in [2.24, 2.45) is 5.73 Å². The summed E-state index contributed by atoms with van der Waals surface area (Å²) >= 11 is 0. The molecule has 0 aromatic heterocycles. The molecule has 15 heavy (non-hydrogen) atoms. The molecule has 2 unspecified atom stereocenters. The first-order valence-electron chi connectivity index (χ1n) is 5.74. The largest absolute Gasteiger partial charge is 0.339 e. The standard InChI is InChI=1S/C11H23N3O/c1-9(12)7-11(15)14-6-4-5-13(3)8-10(14)2/h9-10H,4-8,12H2,1-3H3. The molecule has 2 N–H and O–H groups in total. The van der Waals surface area contributed by atoms with E-state index in [0.717, 1.165) is 26.1 Å². The normalized spacial score (nSPS) is 26.1. The number of carbonyl (C=O) groups excluding carboxylic acids is 1. The van der Waals surface area contributed by atoms with Gasteiger partial charge >= 0.3 is 0 Å². The lowest BCUT2D eigenvalue weighted by atomic mass is 10.2. The second kappa shape index (κ2) is 5.47. The maximum absolute atomic E-state index is 11.9. The SMILES string of the molecule is CC(N)CC(=O)N1CCCN(C)CC1C. The first-order valence-corrected chi connectivity index (χ1v) is 5.74. The molecule has 2 atom stereocenters. The Bertz CT molecular complexity index is 218. The van der Waals surface area contributed by atoms with Crippen molar-refractivity contribution >= 4 is 5.91 Å². The van der Waals surface area contributed by atoms with Crippen molar-refractivity contribution in [1.29, 1.82) is 0 Å². The maximum Gasteiger partial charge on any atom is 0.224 e. The molecule has 1 aliphatic rings. The molecule has 1 fully saturated rings. The summed E-state index contributed by atoms with van der Waals surface area (Å²) in [4.78, 5) is 16.2. The quantitative estimate of drug-likeness (QED) is 0.716. The summed E-state index contributed by atoms with van der Waals surface area (Å²) in [6.45, 7) is 6.90. The molecule has 1 aliphatic heterocycles. The van der Waals surface area contributed by atoms with Crippen LogP contribution in [0, 0.1) is 0 Å². The highest BCUT2D eigenvalue weighted by Crippen LogP contribution is 2.10. The van der Waals surface area contributed by atoms with Gasteiger partial charge < -0.3 is 15.5 Å². The van der Waals surface area contributed by atoms with E-state index in [0.29, 0.717) is 12.5 Å². The summed E-state index contributed by atoms with van der Waals surface area (Å²) in [5, 5.41) is 0. The zero-order valence-corrected chi connectivity index (χ0v) is 10.1. The van der Waals surface area contributed by atoms with E-state index in [4.69, 9.17) is 5.73 Å². The van der Waals surface area contributed by atoms with Crippen LogP contribution in [0.4, 0.5) is 0 Å². The van der Waals surface area contributed by atoms with Crippen LogP contribution in [0.25, 0.3) is 0 Å². The maximum atomic E-state index is 11.9. The minimum Gasteiger partial charge on any atom is -0.339 e. The molecule has 0 radical (unpaired) electrons. The average molecular weight is 213 g/mol. The molecule has 88 valence electrons. The molecular weight excluding hydrogens is 190 g/mol. The second-order valence-corrected chi connectivity index (χ2v) is 4.73. The third-order valence-corrected chi connectivity index (χ3v) is 2.86. The fourth-order valence-corrected chi connectivity index (χ4v) is 2.14. The van der Waals surface area contributed by atoms with Crippen LogP contribution in [-0.4, -0.2) is 54.5 Å². The van der Waals surface area contributed by atoms with Crippen molar-refractivity contribution in [1.82, 2.24) is 9.80 Å². The molecule has 0 bridgehead atoms. The molecule has 4 heteroatoms. The van der Waals surface area contributed by atoms with E-state index in [9.17, 15) is 4.79 Å². The lowest BCUT2D eigenvalue weighted by molar-refractivity contribution is -0.133. The molecule has 0 spiro atoms. The van der Waals surface area contributed by atoms with E-state index in [2.05, 4.69) is 18.9 Å². The highest BCUT2D eigenvalue weighted by Gasteiger charge is 2.23. The Balaban J connectivity index is 2.55. The van der Waals surface area contributed by atoms with E-state index in [1.165, 1.54) is 0 Å². The van der Waals surface area contributed by atoms with Crippen LogP contribution < -0.4 is 5.73 Å². The fraction of sp³-hybridized carbons (Fsp3) is 0.909. The zero-order chi connectivity index (χ0) is 11.4. The van der Waals surface area contributed by atoms with Gasteiger partial charge in [-0.3, -0.25) is 4.79 Å². The highest BCUT2D eigenvalue weighted by molar-refractivity contribution is 5.77. The molecule has 0 aromatic carbocycles. The first kappa shape index (κ1) is 12.5. The Labute approximate surface area is 92.4 Å². The van der Waals surface area contributed by atoms with Crippen molar-refractivity contribution in [2.75, 3.05) is 26.7 Å². The summed E-state index contributed by atoms with van der Waals surface area (Å²) in [5.74, 6) is 0.202. The fourth-order valence-electron chi connectivity index (χ4n) is 2.14. The number of nitrogens with two attached hydrogens (primary N) is 1. The number of amides is 1. The van der Waals surface area contributed by atoms with Gasteiger partial charge in [-0.15, -0.1) is 0 Å².